The first-order valence-corrected chi connectivity index (χ1v) is 13.1. The van der Waals surface area contributed by atoms with Gasteiger partial charge in [-0.1, -0.05) is 45.6 Å². The van der Waals surface area contributed by atoms with Crippen molar-refractivity contribution in [1.82, 2.24) is 0 Å². The molecule has 0 spiro atoms. The van der Waals surface area contributed by atoms with Crippen LogP contribution < -0.4 is 4.74 Å². The highest BCUT2D eigenvalue weighted by molar-refractivity contribution is 7.80. The fourth-order valence-corrected chi connectivity index (χ4v) is 6.92. The van der Waals surface area contributed by atoms with Crippen molar-refractivity contribution in [3.63, 3.8) is 0 Å². The molecule has 1 aromatic heterocycles. The Morgan fingerprint density at radius 1 is 1.29 bits per heavy atom. The highest BCUT2D eigenvalue weighted by Gasteiger charge is 2.61. The van der Waals surface area contributed by atoms with Crippen molar-refractivity contribution in [3.05, 3.63) is 58.0 Å². The van der Waals surface area contributed by atoms with E-state index in [1.165, 1.54) is 10.5 Å². The maximum atomic E-state index is 12.1. The fourth-order valence-electron chi connectivity index (χ4n) is 4.52. The number of hydrogen-bond acceptors (Lipinski definition) is 7. The van der Waals surface area contributed by atoms with Crippen LogP contribution in [-0.2, 0) is 14.3 Å². The Labute approximate surface area is 194 Å². The summed E-state index contributed by atoms with van der Waals surface area (Å²) in [6.07, 6.45) is 5.59. The molecule has 5 rings (SSSR count). The second-order valence-electron chi connectivity index (χ2n) is 8.60. The van der Waals surface area contributed by atoms with Gasteiger partial charge < -0.3 is 14.2 Å². The van der Waals surface area contributed by atoms with E-state index in [2.05, 4.69) is 31.7 Å². The summed E-state index contributed by atoms with van der Waals surface area (Å²) < 4.78 is 18.6. The van der Waals surface area contributed by atoms with Crippen molar-refractivity contribution in [3.8, 4) is 16.2 Å². The second-order valence-corrected chi connectivity index (χ2v) is 11.5. The van der Waals surface area contributed by atoms with Crippen molar-refractivity contribution < 1.29 is 19.0 Å². The summed E-state index contributed by atoms with van der Waals surface area (Å²) in [7, 11) is 3.32. The van der Waals surface area contributed by atoms with Gasteiger partial charge in [-0.25, -0.2) is 4.79 Å². The number of carbonyl (C=O) groups is 1. The van der Waals surface area contributed by atoms with Crippen molar-refractivity contribution in [1.29, 1.82) is 0 Å². The largest absolute Gasteiger partial charge is 0.489 e. The summed E-state index contributed by atoms with van der Waals surface area (Å²) in [5.41, 5.74) is 2.77. The molecule has 2 aliphatic heterocycles. The normalized spacial score (nSPS) is 31.8. The molecule has 0 radical (unpaired) electrons. The van der Waals surface area contributed by atoms with Crippen LogP contribution in [0.15, 0.2) is 54.1 Å². The van der Waals surface area contributed by atoms with Crippen molar-refractivity contribution in [2.45, 2.75) is 50.4 Å². The van der Waals surface area contributed by atoms with E-state index in [0.717, 1.165) is 40.8 Å². The number of ether oxygens (including phenoxy) is 3. The van der Waals surface area contributed by atoms with Crippen molar-refractivity contribution in [2.24, 2.45) is 5.92 Å². The topological polar surface area (TPSA) is 48.1 Å². The summed E-state index contributed by atoms with van der Waals surface area (Å²) in [5.74, 6) is 0.588. The van der Waals surface area contributed by atoms with Crippen LogP contribution in [-0.4, -0.2) is 30.4 Å². The van der Waals surface area contributed by atoms with Gasteiger partial charge in [0.2, 0.25) is 0 Å². The molecule has 31 heavy (non-hydrogen) atoms. The number of esters is 1. The highest BCUT2D eigenvalue weighted by atomic mass is 32.9. The third kappa shape index (κ3) is 4.29. The molecule has 0 amide bonds. The molecule has 7 heteroatoms. The van der Waals surface area contributed by atoms with Gasteiger partial charge in [-0.2, -0.15) is 0 Å². The van der Waals surface area contributed by atoms with Gasteiger partial charge in [0.05, 0.1) is 5.60 Å². The predicted molar refractivity (Wildman–Crippen MR) is 126 cm³/mol. The molecule has 4 nitrogen and oxygen atoms in total. The molecule has 2 aromatic rings. The molecule has 2 saturated heterocycles. The monoisotopic (exact) mass is 472 g/mol. The molecule has 3 heterocycles. The lowest BCUT2D eigenvalue weighted by Crippen LogP contribution is -2.29. The van der Waals surface area contributed by atoms with E-state index in [9.17, 15) is 4.79 Å². The molecular formula is C24H24O4S3. The minimum Gasteiger partial charge on any atom is -0.489 e. The van der Waals surface area contributed by atoms with Crippen LogP contribution in [0.3, 0.4) is 0 Å². The predicted octanol–water partition coefficient (Wildman–Crippen LogP) is 6.34. The average Bonchev–Trinajstić information content (AvgIpc) is 3.07. The van der Waals surface area contributed by atoms with Gasteiger partial charge in [0.1, 0.15) is 28.4 Å². The summed E-state index contributed by atoms with van der Waals surface area (Å²) >= 11 is 5.23. The van der Waals surface area contributed by atoms with Crippen LogP contribution in [0.5, 0.6) is 5.75 Å². The van der Waals surface area contributed by atoms with Crippen molar-refractivity contribution >= 4 is 38.9 Å². The lowest BCUT2D eigenvalue weighted by Gasteiger charge is -2.20. The Morgan fingerprint density at radius 2 is 2.10 bits per heavy atom. The van der Waals surface area contributed by atoms with Crippen LogP contribution in [0, 0.1) is 9.74 Å². The molecule has 0 unspecified atom stereocenters. The van der Waals surface area contributed by atoms with E-state index in [4.69, 9.17) is 26.4 Å². The van der Waals surface area contributed by atoms with Crippen LogP contribution in [0.25, 0.3) is 10.4 Å². The average molecular weight is 473 g/mol. The Morgan fingerprint density at radius 3 is 2.84 bits per heavy atom. The quantitative estimate of drug-likeness (QED) is 0.130. The lowest BCUT2D eigenvalue weighted by molar-refractivity contribution is -0.140. The number of benzene rings is 1. The first kappa shape index (κ1) is 21.1. The smallest absolute Gasteiger partial charge is 0.334 e. The zero-order valence-electron chi connectivity index (χ0n) is 17.3. The maximum Gasteiger partial charge on any atom is 0.334 e. The summed E-state index contributed by atoms with van der Waals surface area (Å²) in [5, 5.41) is 0. The van der Waals surface area contributed by atoms with Gasteiger partial charge in [0.25, 0.3) is 0 Å². The van der Waals surface area contributed by atoms with Gasteiger partial charge in [-0.3, -0.25) is 0 Å². The van der Waals surface area contributed by atoms with Crippen LogP contribution in [0.4, 0.5) is 0 Å². The third-order valence-corrected chi connectivity index (χ3v) is 9.37. The van der Waals surface area contributed by atoms with E-state index < -0.39 is 0 Å². The standard InChI is InChI=1S/C24H24O4S3/c1-14-18-10-5-15(4-3-11-24(2)22(28-24)21(18)27-23(14)25)13-26-17-8-6-16(7-9-17)19-12-20(29)31-30-19/h4,6-9,12,18,21-22H,1,3,5,10-11,13H2,2H3/b15-4+/t18-,21-,22-,24+/m0/s1. The number of fused-ring (bicyclic) bond motifs is 3. The first-order valence-electron chi connectivity index (χ1n) is 10.5. The Bertz CT molecular complexity index is 1100. The van der Waals surface area contributed by atoms with Gasteiger partial charge in [0, 0.05) is 16.4 Å². The highest BCUT2D eigenvalue weighted by Crippen LogP contribution is 2.49. The minimum absolute atomic E-state index is 0.00804. The van der Waals surface area contributed by atoms with Gasteiger partial charge in [-0.15, -0.1) is 0 Å². The van der Waals surface area contributed by atoms with Crippen LogP contribution >= 0.6 is 32.9 Å². The zero-order valence-corrected chi connectivity index (χ0v) is 19.7. The number of allylic oxidation sites excluding steroid dienone is 1. The molecule has 0 N–H and O–H groups in total. The molecule has 4 atom stereocenters. The molecule has 1 aromatic carbocycles. The number of epoxide rings is 1. The molecular weight excluding hydrogens is 448 g/mol. The SMILES string of the molecule is C=C1C(=O)O[C@H]2[C@H]1CC/C(COc1ccc(-c3cc(=S)ss3)cc1)=C\CC[C@@]1(C)O[C@@H]21. The van der Waals surface area contributed by atoms with Gasteiger partial charge in [-0.05, 0) is 74.1 Å². The molecule has 1 aliphatic carbocycles. The van der Waals surface area contributed by atoms with E-state index in [0.29, 0.717) is 12.2 Å². The molecule has 2 fully saturated rings. The molecule has 3 aliphatic rings. The zero-order chi connectivity index (χ0) is 21.6. The maximum absolute atomic E-state index is 12.1. The van der Waals surface area contributed by atoms with E-state index in [1.54, 1.807) is 20.7 Å². The van der Waals surface area contributed by atoms with Gasteiger partial charge in [0.15, 0.2) is 0 Å². The second kappa shape index (κ2) is 8.28. The van der Waals surface area contributed by atoms with Crippen LogP contribution in [0.2, 0.25) is 0 Å². The first-order chi connectivity index (χ1) is 14.9. The Hall–Kier alpha value is -1.80. The Kier molecular flexibility index (Phi) is 5.63. The van der Waals surface area contributed by atoms with Crippen LogP contribution in [0.1, 0.15) is 32.6 Å². The summed E-state index contributed by atoms with van der Waals surface area (Å²) in [6, 6.07) is 10.2. The van der Waals surface area contributed by atoms with E-state index in [1.807, 2.05) is 18.2 Å². The number of rotatable bonds is 4. The van der Waals surface area contributed by atoms with Crippen molar-refractivity contribution in [2.75, 3.05) is 6.61 Å². The van der Waals surface area contributed by atoms with Gasteiger partial charge >= 0.3 is 5.97 Å². The summed E-state index contributed by atoms with van der Waals surface area (Å²) in [6.45, 7) is 6.64. The van der Waals surface area contributed by atoms with E-state index in [-0.39, 0.29) is 29.7 Å². The molecule has 162 valence electrons. The Balaban J connectivity index is 1.26. The van der Waals surface area contributed by atoms with E-state index >= 15 is 0 Å². The number of carbonyl (C=O) groups excluding carboxylic acids is 1. The fraction of sp³-hybridized carbons (Fsp3) is 0.417. The minimum atomic E-state index is -0.274. The lowest BCUT2D eigenvalue weighted by atomic mass is 9.84. The third-order valence-electron chi connectivity index (χ3n) is 6.46. The molecule has 0 bridgehead atoms. The molecule has 0 saturated carbocycles. The summed E-state index contributed by atoms with van der Waals surface area (Å²) in [4.78, 5) is 13.3. The number of hydrogen-bond donors (Lipinski definition) is 0.